The number of aliphatic hydroxyl groups is 1. The summed E-state index contributed by atoms with van der Waals surface area (Å²) in [5.74, 6) is 0. The molecule has 8 N–H and O–H groups in total. The molecule has 0 saturated heterocycles. The lowest BCUT2D eigenvalue weighted by atomic mass is 10.0. The lowest BCUT2D eigenvalue weighted by Crippen LogP contribution is -2.51. The molecule has 2 aliphatic heterocycles. The first-order valence-electron chi connectivity index (χ1n) is 11.3. The van der Waals surface area contributed by atoms with E-state index in [2.05, 4.69) is 22.0 Å². The molecule has 2 atom stereocenters. The van der Waals surface area contributed by atoms with Crippen LogP contribution in [0.15, 0.2) is 66.4 Å². The first-order chi connectivity index (χ1) is 16.1. The minimum Gasteiger partial charge on any atom is -0.395 e. The molecule has 2 amide bonds. The van der Waals surface area contributed by atoms with Gasteiger partial charge < -0.3 is 32.5 Å². The monoisotopic (exact) mass is 448 g/mol. The van der Waals surface area contributed by atoms with E-state index in [9.17, 15) is 4.79 Å². The van der Waals surface area contributed by atoms with Crippen molar-refractivity contribution in [2.24, 2.45) is 11.5 Å². The summed E-state index contributed by atoms with van der Waals surface area (Å²) in [6.07, 6.45) is 5.27. The number of nitrogens with two attached hydrogens (primary N) is 2. The molecule has 33 heavy (non-hydrogen) atoms. The fraction of sp³-hybridized carbons (Fsp3) is 0.320. The number of amides is 2. The topological polar surface area (TPSA) is 129 Å². The van der Waals surface area contributed by atoms with Gasteiger partial charge in [0.2, 0.25) is 0 Å². The predicted molar refractivity (Wildman–Crippen MR) is 131 cm³/mol. The zero-order valence-corrected chi connectivity index (χ0v) is 18.6. The third kappa shape index (κ3) is 5.61. The van der Waals surface area contributed by atoms with E-state index in [-0.39, 0.29) is 24.8 Å². The Balaban J connectivity index is 1.44. The molecule has 0 saturated carbocycles. The number of anilines is 1. The summed E-state index contributed by atoms with van der Waals surface area (Å²) < 4.78 is 0. The van der Waals surface area contributed by atoms with Gasteiger partial charge in [-0.2, -0.15) is 0 Å². The van der Waals surface area contributed by atoms with Crippen molar-refractivity contribution in [1.82, 2.24) is 16.0 Å². The average Bonchev–Trinajstić information content (AvgIpc) is 3.25. The summed E-state index contributed by atoms with van der Waals surface area (Å²) in [6.45, 7) is 2.31. The van der Waals surface area contributed by atoms with Crippen molar-refractivity contribution in [2.45, 2.75) is 31.6 Å². The lowest BCUT2D eigenvalue weighted by molar-refractivity contribution is 0.244. The number of urea groups is 1. The molecule has 4 rings (SSSR count). The van der Waals surface area contributed by atoms with E-state index in [0.29, 0.717) is 13.0 Å². The molecule has 0 aliphatic carbocycles. The molecule has 0 bridgehead atoms. The van der Waals surface area contributed by atoms with Crippen molar-refractivity contribution in [1.29, 1.82) is 0 Å². The highest BCUT2D eigenvalue weighted by Crippen LogP contribution is 2.28. The normalized spacial score (nSPS) is 18.2. The van der Waals surface area contributed by atoms with Crippen LogP contribution < -0.4 is 32.3 Å². The lowest BCUT2D eigenvalue weighted by Gasteiger charge is -2.29. The van der Waals surface area contributed by atoms with Crippen LogP contribution in [0.5, 0.6) is 0 Å². The Labute approximate surface area is 194 Å². The molecule has 0 aromatic heterocycles. The van der Waals surface area contributed by atoms with Crippen molar-refractivity contribution in [2.75, 3.05) is 24.6 Å². The number of fused-ring (bicyclic) bond motifs is 1. The molecule has 174 valence electrons. The highest BCUT2D eigenvalue weighted by molar-refractivity contribution is 5.96. The second-order valence-electron chi connectivity index (χ2n) is 8.41. The van der Waals surface area contributed by atoms with Gasteiger partial charge >= 0.3 is 6.03 Å². The summed E-state index contributed by atoms with van der Waals surface area (Å²) in [5.41, 5.74) is 17.4. The molecule has 2 heterocycles. The van der Waals surface area contributed by atoms with Crippen LogP contribution >= 0.6 is 0 Å². The molecule has 2 aromatic rings. The minimum atomic E-state index is -0.254. The Morgan fingerprint density at radius 1 is 1.06 bits per heavy atom. The Morgan fingerprint density at radius 2 is 1.79 bits per heavy atom. The van der Waals surface area contributed by atoms with Crippen molar-refractivity contribution in [3.8, 4) is 0 Å². The van der Waals surface area contributed by atoms with Gasteiger partial charge in [-0.05, 0) is 60.8 Å². The van der Waals surface area contributed by atoms with Gasteiger partial charge in [-0.15, -0.1) is 0 Å². The maximum absolute atomic E-state index is 12.7. The third-order valence-electron chi connectivity index (χ3n) is 5.81. The van der Waals surface area contributed by atoms with Crippen molar-refractivity contribution in [3.63, 3.8) is 0 Å². The number of nitrogens with one attached hydrogen (secondary N) is 3. The molecule has 2 aromatic carbocycles. The van der Waals surface area contributed by atoms with Gasteiger partial charge in [0.25, 0.3) is 0 Å². The Kier molecular flexibility index (Phi) is 7.41. The van der Waals surface area contributed by atoms with Gasteiger partial charge in [0.15, 0.2) is 0 Å². The number of carbonyl (C=O) groups excluding carboxylic acids is 1. The number of nitrogens with zero attached hydrogens (tertiary/aromatic N) is 1. The highest BCUT2D eigenvalue weighted by Gasteiger charge is 2.31. The van der Waals surface area contributed by atoms with Gasteiger partial charge in [0.05, 0.1) is 12.3 Å². The van der Waals surface area contributed by atoms with Crippen LogP contribution in [0.25, 0.3) is 5.70 Å². The van der Waals surface area contributed by atoms with Crippen molar-refractivity contribution in [3.05, 3.63) is 83.1 Å². The predicted octanol–water partition coefficient (Wildman–Crippen LogP) is 1.37. The third-order valence-corrected chi connectivity index (χ3v) is 5.81. The van der Waals surface area contributed by atoms with E-state index < -0.39 is 0 Å². The van der Waals surface area contributed by atoms with Crippen LogP contribution in [0.3, 0.4) is 0 Å². The summed E-state index contributed by atoms with van der Waals surface area (Å²) in [5, 5.41) is 18.9. The summed E-state index contributed by atoms with van der Waals surface area (Å²) in [7, 11) is 0. The standard InChI is InChI=1S/C25H32N6O2/c26-10-1-11-28-14-18-4-8-22(9-5-18)31-15-20-13-23(29-24(20)30-25(31)33)19-6-2-17(3-7-19)12-21(27)16-32/h2-9,13,15,21,24,28-29,32H,1,10-12,14,16,26-27H2,(H,30,33)/t21-,24?/m0/s1. The average molecular weight is 449 g/mol. The van der Waals surface area contributed by atoms with Crippen LogP contribution in [0.4, 0.5) is 10.5 Å². The largest absolute Gasteiger partial charge is 0.395 e. The fourth-order valence-corrected chi connectivity index (χ4v) is 3.94. The highest BCUT2D eigenvalue weighted by atomic mass is 16.3. The minimum absolute atomic E-state index is 0.0328. The maximum atomic E-state index is 12.7. The first-order valence-corrected chi connectivity index (χ1v) is 11.3. The maximum Gasteiger partial charge on any atom is 0.327 e. The molecule has 0 fully saturated rings. The van der Waals surface area contributed by atoms with Gasteiger partial charge in [0, 0.05) is 30.1 Å². The SMILES string of the molecule is NCCCNCc1ccc(N2C=C3C=C(c4ccc(C[C@H](N)CO)cc4)NC3NC2=O)cc1. The molecule has 2 aliphatic rings. The second-order valence-corrected chi connectivity index (χ2v) is 8.41. The van der Waals surface area contributed by atoms with Crippen molar-refractivity contribution >= 4 is 17.4 Å². The second kappa shape index (κ2) is 10.6. The molecule has 8 heteroatoms. The Hall–Kier alpha value is -3.17. The number of hydrogen-bond donors (Lipinski definition) is 6. The van der Waals surface area contributed by atoms with E-state index in [4.69, 9.17) is 16.6 Å². The number of benzene rings is 2. The van der Waals surface area contributed by atoms with Crippen LogP contribution in [-0.2, 0) is 13.0 Å². The van der Waals surface area contributed by atoms with E-state index in [1.165, 1.54) is 0 Å². The number of aliphatic hydroxyl groups excluding tert-OH is 1. The van der Waals surface area contributed by atoms with E-state index in [0.717, 1.165) is 53.2 Å². The summed E-state index contributed by atoms with van der Waals surface area (Å²) in [4.78, 5) is 14.4. The van der Waals surface area contributed by atoms with E-state index in [1.807, 2.05) is 54.7 Å². The van der Waals surface area contributed by atoms with Gasteiger partial charge in [-0.1, -0.05) is 36.4 Å². The summed E-state index contributed by atoms with van der Waals surface area (Å²) in [6, 6.07) is 15.6. The quantitative estimate of drug-likeness (QED) is 0.305. The summed E-state index contributed by atoms with van der Waals surface area (Å²) >= 11 is 0. The first kappa shape index (κ1) is 23.0. The van der Waals surface area contributed by atoms with Gasteiger partial charge in [-0.3, -0.25) is 4.90 Å². The smallest absolute Gasteiger partial charge is 0.327 e. The zero-order chi connectivity index (χ0) is 23.2. The van der Waals surface area contributed by atoms with Crippen LogP contribution in [0.1, 0.15) is 23.1 Å². The zero-order valence-electron chi connectivity index (χ0n) is 18.6. The number of hydrogen-bond acceptors (Lipinski definition) is 6. The Bertz CT molecular complexity index is 1020. The van der Waals surface area contributed by atoms with Crippen LogP contribution in [0, 0.1) is 0 Å². The Morgan fingerprint density at radius 3 is 2.48 bits per heavy atom. The van der Waals surface area contributed by atoms with Gasteiger partial charge in [-0.25, -0.2) is 4.79 Å². The molecule has 0 radical (unpaired) electrons. The fourth-order valence-electron chi connectivity index (χ4n) is 3.94. The molecule has 0 spiro atoms. The molecular weight excluding hydrogens is 416 g/mol. The molecule has 1 unspecified atom stereocenters. The van der Waals surface area contributed by atoms with E-state index >= 15 is 0 Å². The molecule has 8 nitrogen and oxygen atoms in total. The van der Waals surface area contributed by atoms with E-state index in [1.54, 1.807) is 4.90 Å². The number of carbonyl (C=O) groups is 1. The van der Waals surface area contributed by atoms with Gasteiger partial charge in [0.1, 0.15) is 6.17 Å². The van der Waals surface area contributed by atoms with Crippen molar-refractivity contribution < 1.29 is 9.90 Å². The number of rotatable bonds is 10. The molecular formula is C25H32N6O2. The van der Waals surface area contributed by atoms with Crippen LogP contribution in [0.2, 0.25) is 0 Å². The van der Waals surface area contributed by atoms with Crippen LogP contribution in [-0.4, -0.2) is 43.0 Å².